The van der Waals surface area contributed by atoms with Crippen molar-refractivity contribution in [3.63, 3.8) is 0 Å². The number of rotatable bonds is 2. The Labute approximate surface area is 114 Å². The van der Waals surface area contributed by atoms with Gasteiger partial charge in [-0.2, -0.15) is 0 Å². The Bertz CT molecular complexity index is 632. The van der Waals surface area contributed by atoms with Gasteiger partial charge in [0.05, 0.1) is 0 Å². The normalized spacial score (nSPS) is 17.0. The number of nitrogens with zero attached hydrogens (tertiary/aromatic N) is 1. The maximum absolute atomic E-state index is 2.34. The Kier molecular flexibility index (Phi) is 3.47. The Morgan fingerprint density at radius 3 is 2.68 bits per heavy atom. The van der Waals surface area contributed by atoms with Crippen LogP contribution in [0.25, 0.3) is 16.8 Å². The Morgan fingerprint density at radius 2 is 1.84 bits per heavy atom. The predicted octanol–water partition coefficient (Wildman–Crippen LogP) is 4.11. The van der Waals surface area contributed by atoms with Gasteiger partial charge in [-0.3, -0.25) is 0 Å². The molecule has 2 aromatic carbocycles. The number of likely N-dealkylation sites (N-methyl/N-ethyl adjacent to an activating group) is 1. The molecule has 1 nitrogen and oxygen atoms in total. The van der Waals surface area contributed by atoms with Crippen LogP contribution in [0.1, 0.15) is 12.0 Å². The average molecular weight is 249 g/mol. The molecule has 0 spiro atoms. The molecule has 0 atom stereocenters. The fraction of sp³-hybridized carbons (Fsp3) is 0.222. The number of hydrogen-bond donors (Lipinski definition) is 0. The third-order valence-electron chi connectivity index (χ3n) is 3.75. The minimum atomic E-state index is 1.06. The van der Waals surface area contributed by atoms with Crippen LogP contribution < -0.4 is 0 Å². The van der Waals surface area contributed by atoms with E-state index < -0.39 is 0 Å². The summed E-state index contributed by atoms with van der Waals surface area (Å²) in [6, 6.07) is 15.0. The fourth-order valence-corrected chi connectivity index (χ4v) is 2.53. The van der Waals surface area contributed by atoms with Crippen LogP contribution in [0.2, 0.25) is 0 Å². The summed E-state index contributed by atoms with van der Waals surface area (Å²) >= 11 is 0. The van der Waals surface area contributed by atoms with Crippen molar-refractivity contribution in [1.29, 1.82) is 0 Å². The zero-order chi connectivity index (χ0) is 13.1. The molecule has 0 saturated carbocycles. The smallest absolute Gasteiger partial charge is 0.0165 e. The summed E-state index contributed by atoms with van der Waals surface area (Å²) in [6.07, 6.45) is 8.00. The van der Waals surface area contributed by atoms with Crippen LogP contribution in [-0.4, -0.2) is 25.0 Å². The second-order valence-corrected chi connectivity index (χ2v) is 5.19. The number of hydrogen-bond acceptors (Lipinski definition) is 1. The molecule has 0 N–H and O–H groups in total. The molecule has 1 heterocycles. The van der Waals surface area contributed by atoms with Crippen molar-refractivity contribution in [2.75, 3.05) is 20.1 Å². The average Bonchev–Trinajstić information content (AvgIpc) is 2.47. The van der Waals surface area contributed by atoms with Crippen LogP contribution in [0.4, 0.5) is 0 Å². The van der Waals surface area contributed by atoms with E-state index >= 15 is 0 Å². The summed E-state index contributed by atoms with van der Waals surface area (Å²) in [7, 11) is 2.17. The molecule has 0 bridgehead atoms. The number of benzene rings is 2. The lowest BCUT2D eigenvalue weighted by Gasteiger charge is -2.20. The van der Waals surface area contributed by atoms with E-state index in [0.717, 1.165) is 19.5 Å². The summed E-state index contributed by atoms with van der Waals surface area (Å²) in [6.45, 7) is 2.22. The minimum absolute atomic E-state index is 1.06. The molecule has 1 aliphatic heterocycles. The highest BCUT2D eigenvalue weighted by molar-refractivity contribution is 5.90. The standard InChI is InChI=1S/C18H19N/c1-19-13-11-15(12-14-19)9-10-17-7-4-6-16-5-2-3-8-18(16)17/h2-11H,12-14H2,1H3/b10-9-. The van der Waals surface area contributed by atoms with E-state index in [1.165, 1.54) is 21.9 Å². The SMILES string of the molecule is CN1CC=C(/C=C\c2cccc3ccccc23)CC1. The quantitative estimate of drug-likeness (QED) is 0.774. The van der Waals surface area contributed by atoms with Crippen molar-refractivity contribution in [2.24, 2.45) is 0 Å². The van der Waals surface area contributed by atoms with Crippen molar-refractivity contribution >= 4 is 16.8 Å². The van der Waals surface area contributed by atoms with E-state index in [9.17, 15) is 0 Å². The molecule has 19 heavy (non-hydrogen) atoms. The van der Waals surface area contributed by atoms with Gasteiger partial charge in [-0.1, -0.05) is 60.7 Å². The van der Waals surface area contributed by atoms with E-state index in [-0.39, 0.29) is 0 Å². The van der Waals surface area contributed by atoms with Gasteiger partial charge in [0.15, 0.2) is 0 Å². The molecule has 2 aromatic rings. The molecule has 0 aromatic heterocycles. The molecule has 3 rings (SSSR count). The lowest BCUT2D eigenvalue weighted by molar-refractivity contribution is 0.361. The van der Waals surface area contributed by atoms with Gasteiger partial charge < -0.3 is 4.90 Å². The second-order valence-electron chi connectivity index (χ2n) is 5.19. The van der Waals surface area contributed by atoms with E-state index in [1.807, 2.05) is 0 Å². The summed E-state index contributed by atoms with van der Waals surface area (Å²) in [5, 5.41) is 2.64. The van der Waals surface area contributed by atoms with Gasteiger partial charge in [0.2, 0.25) is 0 Å². The zero-order valence-electron chi connectivity index (χ0n) is 11.3. The molecule has 0 fully saturated rings. The van der Waals surface area contributed by atoms with Crippen molar-refractivity contribution in [3.05, 3.63) is 65.8 Å². The zero-order valence-corrected chi connectivity index (χ0v) is 11.3. The fourth-order valence-electron chi connectivity index (χ4n) is 2.53. The van der Waals surface area contributed by atoms with Crippen molar-refractivity contribution in [1.82, 2.24) is 4.90 Å². The lowest BCUT2D eigenvalue weighted by Crippen LogP contribution is -2.23. The highest BCUT2D eigenvalue weighted by Gasteiger charge is 2.04. The number of fused-ring (bicyclic) bond motifs is 1. The van der Waals surface area contributed by atoms with Crippen molar-refractivity contribution < 1.29 is 0 Å². The number of allylic oxidation sites excluding steroid dienone is 1. The first-order valence-corrected chi connectivity index (χ1v) is 6.86. The molecule has 1 aliphatic rings. The monoisotopic (exact) mass is 249 g/mol. The Hall–Kier alpha value is -1.86. The first-order valence-electron chi connectivity index (χ1n) is 6.86. The van der Waals surface area contributed by atoms with Gasteiger partial charge in [0.25, 0.3) is 0 Å². The van der Waals surface area contributed by atoms with E-state index in [0.29, 0.717) is 0 Å². The Balaban J connectivity index is 1.89. The molecule has 0 aliphatic carbocycles. The highest BCUT2D eigenvalue weighted by atomic mass is 15.1. The second kappa shape index (κ2) is 5.41. The van der Waals surface area contributed by atoms with Gasteiger partial charge in [-0.05, 0) is 35.4 Å². The first-order chi connectivity index (χ1) is 9.33. The molecule has 0 unspecified atom stereocenters. The van der Waals surface area contributed by atoms with Crippen molar-refractivity contribution in [3.8, 4) is 0 Å². The van der Waals surface area contributed by atoms with Gasteiger partial charge in [0.1, 0.15) is 0 Å². The lowest BCUT2D eigenvalue weighted by atomic mass is 10.0. The van der Waals surface area contributed by atoms with Crippen molar-refractivity contribution in [2.45, 2.75) is 6.42 Å². The molecule has 0 saturated heterocycles. The maximum atomic E-state index is 2.34. The molecule has 1 heteroatoms. The summed E-state index contributed by atoms with van der Waals surface area (Å²) in [5.41, 5.74) is 2.75. The summed E-state index contributed by atoms with van der Waals surface area (Å²) < 4.78 is 0. The summed E-state index contributed by atoms with van der Waals surface area (Å²) in [5.74, 6) is 0. The molecule has 0 amide bonds. The van der Waals surface area contributed by atoms with Crippen LogP contribution in [-0.2, 0) is 0 Å². The van der Waals surface area contributed by atoms with Gasteiger partial charge in [0, 0.05) is 13.1 Å². The van der Waals surface area contributed by atoms with Gasteiger partial charge in [-0.15, -0.1) is 0 Å². The molecular formula is C18H19N. The third-order valence-corrected chi connectivity index (χ3v) is 3.75. The molecule has 0 radical (unpaired) electrons. The van der Waals surface area contributed by atoms with E-state index in [4.69, 9.17) is 0 Å². The molecule has 96 valence electrons. The third kappa shape index (κ3) is 2.77. The van der Waals surface area contributed by atoms with Crippen LogP contribution in [0.15, 0.2) is 60.2 Å². The topological polar surface area (TPSA) is 3.24 Å². The van der Waals surface area contributed by atoms with Gasteiger partial charge in [-0.25, -0.2) is 0 Å². The predicted molar refractivity (Wildman–Crippen MR) is 83.2 cm³/mol. The van der Waals surface area contributed by atoms with E-state index in [1.54, 1.807) is 0 Å². The first kappa shape index (κ1) is 12.2. The van der Waals surface area contributed by atoms with Crippen LogP contribution >= 0.6 is 0 Å². The highest BCUT2D eigenvalue weighted by Crippen LogP contribution is 2.21. The van der Waals surface area contributed by atoms with Crippen LogP contribution in [0.3, 0.4) is 0 Å². The maximum Gasteiger partial charge on any atom is 0.0165 e. The van der Waals surface area contributed by atoms with Gasteiger partial charge >= 0.3 is 0 Å². The molecular weight excluding hydrogens is 230 g/mol. The van der Waals surface area contributed by atoms with E-state index in [2.05, 4.69) is 72.6 Å². The summed E-state index contributed by atoms with van der Waals surface area (Å²) in [4.78, 5) is 2.34. The van der Waals surface area contributed by atoms with Crippen LogP contribution in [0, 0.1) is 0 Å². The minimum Gasteiger partial charge on any atom is -0.302 e. The Morgan fingerprint density at radius 1 is 1.00 bits per heavy atom. The van der Waals surface area contributed by atoms with Crippen LogP contribution in [0.5, 0.6) is 0 Å². The largest absolute Gasteiger partial charge is 0.302 e.